The zero-order chi connectivity index (χ0) is 32.3. The molecular weight excluding hydrogens is 641 g/mol. The van der Waals surface area contributed by atoms with Gasteiger partial charge in [-0.1, -0.05) is 16.9 Å². The van der Waals surface area contributed by atoms with Crippen LogP contribution in [-0.4, -0.2) is 102 Å². The highest BCUT2D eigenvalue weighted by molar-refractivity contribution is 8.01. The van der Waals surface area contributed by atoms with Crippen LogP contribution in [0.2, 0.25) is 0 Å². The number of aryl methyl sites for hydroxylation is 1. The number of hydrogen-bond acceptors (Lipinski definition) is 16. The number of amides is 2. The van der Waals surface area contributed by atoms with Gasteiger partial charge in [0.25, 0.3) is 17.6 Å². The molecule has 0 bridgehead atoms. The molecule has 44 heavy (non-hydrogen) atoms. The number of fused-ring (bicyclic) bond motifs is 1. The Morgan fingerprint density at radius 3 is 2.59 bits per heavy atom. The summed E-state index contributed by atoms with van der Waals surface area (Å²) in [5, 5.41) is 21.6. The van der Waals surface area contributed by atoms with Crippen LogP contribution in [0.15, 0.2) is 27.0 Å². The molecular formula is C24H28N8O9S3. The average molecular weight is 669 g/mol. The van der Waals surface area contributed by atoms with E-state index in [0.29, 0.717) is 5.57 Å². The molecule has 236 valence electrons. The molecule has 4 N–H and O–H groups in total. The van der Waals surface area contributed by atoms with Gasteiger partial charge in [-0.3, -0.25) is 19.3 Å². The SMILES string of the molecule is CON=C(C(=O)N[C@@H]1C(=O)N2C(C(=O)O)=C(CSc3nc(C(=O)OCOC(=O)C(C)(C)C)nn3C)CS[C@H]12)c1csc(N)n1. The molecule has 0 aliphatic carbocycles. The molecule has 0 spiro atoms. The van der Waals surface area contributed by atoms with E-state index in [-0.39, 0.29) is 44.7 Å². The topological polar surface area (TPSA) is 231 Å². The third kappa shape index (κ3) is 6.97. The lowest BCUT2D eigenvalue weighted by Crippen LogP contribution is -2.71. The van der Waals surface area contributed by atoms with Gasteiger partial charge in [0.2, 0.25) is 6.79 Å². The van der Waals surface area contributed by atoms with Gasteiger partial charge in [0.15, 0.2) is 16.0 Å². The molecule has 2 aliphatic rings. The molecule has 0 aromatic carbocycles. The Hall–Kier alpha value is -4.17. The third-order valence-electron chi connectivity index (χ3n) is 5.97. The van der Waals surface area contributed by atoms with Crippen LogP contribution in [0, 0.1) is 5.41 Å². The van der Waals surface area contributed by atoms with Gasteiger partial charge in [0, 0.05) is 23.9 Å². The van der Waals surface area contributed by atoms with Crippen molar-refractivity contribution in [2.45, 2.75) is 37.3 Å². The van der Waals surface area contributed by atoms with Crippen LogP contribution < -0.4 is 11.1 Å². The number of carbonyl (C=O) groups is 5. The second-order valence-electron chi connectivity index (χ2n) is 10.2. The van der Waals surface area contributed by atoms with Gasteiger partial charge in [-0.2, -0.15) is 4.98 Å². The van der Waals surface area contributed by atoms with E-state index in [1.54, 1.807) is 20.8 Å². The number of esters is 2. The number of thioether (sulfide) groups is 2. The number of carboxylic acids is 1. The summed E-state index contributed by atoms with van der Waals surface area (Å²) in [5.41, 5.74) is 5.10. The van der Waals surface area contributed by atoms with Gasteiger partial charge < -0.3 is 30.5 Å². The second-order valence-corrected chi connectivity index (χ2v) is 13.1. The Morgan fingerprint density at radius 2 is 1.98 bits per heavy atom. The maximum Gasteiger partial charge on any atom is 0.381 e. The average Bonchev–Trinajstić information content (AvgIpc) is 3.56. The van der Waals surface area contributed by atoms with Gasteiger partial charge in [0.05, 0.1) is 5.41 Å². The largest absolute Gasteiger partial charge is 0.477 e. The molecule has 0 radical (unpaired) electrons. The van der Waals surface area contributed by atoms with Crippen molar-refractivity contribution in [3.8, 4) is 0 Å². The summed E-state index contributed by atoms with van der Waals surface area (Å²) in [7, 11) is 2.79. The number of ether oxygens (including phenoxy) is 2. The molecule has 4 rings (SSSR count). The minimum atomic E-state index is -1.31. The van der Waals surface area contributed by atoms with Crippen molar-refractivity contribution in [1.29, 1.82) is 0 Å². The standard InChI is InChI=1S/C24H28N8O9S3/c1-24(2,3)21(38)41-9-40-20(37)15-28-23(31(4)29-15)44-7-10-6-42-18-13(17(34)32(18)14(10)19(35)36)27-16(33)12(30-39-5)11-8-43-22(25)26-11/h8,13,18H,6-7,9H2,1-5H3,(H2,25,26)(H,27,33)(H,35,36)/t13-,18-/m1/s1. The number of aliphatic carboxylic acids is 1. The summed E-state index contributed by atoms with van der Waals surface area (Å²) >= 11 is 3.48. The van der Waals surface area contributed by atoms with E-state index in [1.807, 2.05) is 0 Å². The van der Waals surface area contributed by atoms with Gasteiger partial charge in [-0.05, 0) is 26.3 Å². The van der Waals surface area contributed by atoms with Crippen molar-refractivity contribution < 1.29 is 43.4 Å². The molecule has 1 saturated heterocycles. The fraction of sp³-hybridized carbons (Fsp3) is 0.458. The smallest absolute Gasteiger partial charge is 0.381 e. The highest BCUT2D eigenvalue weighted by Crippen LogP contribution is 2.41. The number of rotatable bonds is 11. The van der Waals surface area contributed by atoms with Crippen molar-refractivity contribution in [3.05, 3.63) is 28.2 Å². The molecule has 1 fully saturated rings. The highest BCUT2D eigenvalue weighted by atomic mass is 32.2. The van der Waals surface area contributed by atoms with E-state index in [1.165, 1.54) is 36.0 Å². The molecule has 2 aromatic rings. The van der Waals surface area contributed by atoms with E-state index in [4.69, 9.17) is 20.0 Å². The van der Waals surface area contributed by atoms with Crippen LogP contribution in [0.4, 0.5) is 5.13 Å². The Kier molecular flexibility index (Phi) is 9.84. The number of oxime groups is 1. The van der Waals surface area contributed by atoms with Crippen molar-refractivity contribution in [2.75, 3.05) is 31.1 Å². The van der Waals surface area contributed by atoms with Crippen LogP contribution in [0.5, 0.6) is 0 Å². The van der Waals surface area contributed by atoms with E-state index in [9.17, 15) is 29.1 Å². The van der Waals surface area contributed by atoms with Gasteiger partial charge in [0.1, 0.15) is 29.9 Å². The van der Waals surface area contributed by atoms with E-state index >= 15 is 0 Å². The summed E-state index contributed by atoms with van der Waals surface area (Å²) < 4.78 is 11.2. The van der Waals surface area contributed by atoms with Crippen molar-refractivity contribution in [3.63, 3.8) is 0 Å². The zero-order valence-electron chi connectivity index (χ0n) is 24.1. The maximum absolute atomic E-state index is 13.1. The van der Waals surface area contributed by atoms with E-state index in [2.05, 4.69) is 25.5 Å². The molecule has 17 nitrogen and oxygen atoms in total. The number of nitrogen functional groups attached to an aromatic ring is 1. The monoisotopic (exact) mass is 668 g/mol. The number of anilines is 1. The lowest BCUT2D eigenvalue weighted by Gasteiger charge is -2.49. The first kappa shape index (κ1) is 32.7. The first-order chi connectivity index (χ1) is 20.7. The summed E-state index contributed by atoms with van der Waals surface area (Å²) in [6, 6.07) is -1.01. The number of nitrogens with one attached hydrogen (secondary N) is 1. The molecule has 2 amide bonds. The van der Waals surface area contributed by atoms with Crippen molar-refractivity contribution in [1.82, 2.24) is 30.0 Å². The van der Waals surface area contributed by atoms with Gasteiger partial charge in [-0.15, -0.1) is 28.2 Å². The summed E-state index contributed by atoms with van der Waals surface area (Å²) in [6.45, 7) is 4.36. The van der Waals surface area contributed by atoms with E-state index in [0.717, 1.165) is 28.0 Å². The summed E-state index contributed by atoms with van der Waals surface area (Å²) in [4.78, 5) is 76.5. The summed E-state index contributed by atoms with van der Waals surface area (Å²) in [6.07, 6.45) is 0. The normalized spacial score (nSPS) is 18.3. The molecule has 0 saturated carbocycles. The quantitative estimate of drug-likeness (QED) is 0.0736. The van der Waals surface area contributed by atoms with Gasteiger partial charge in [-0.25, -0.2) is 19.3 Å². The van der Waals surface area contributed by atoms with Crippen molar-refractivity contribution >= 4 is 75.4 Å². The predicted molar refractivity (Wildman–Crippen MR) is 157 cm³/mol. The number of β-lactam (4-membered cyclic amide) rings is 1. The fourth-order valence-corrected chi connectivity index (χ4v) is 6.79. The molecule has 20 heteroatoms. The highest BCUT2D eigenvalue weighted by Gasteiger charge is 2.54. The molecule has 4 heterocycles. The summed E-state index contributed by atoms with van der Waals surface area (Å²) in [5.74, 6) is -4.04. The van der Waals surface area contributed by atoms with Crippen LogP contribution >= 0.6 is 34.9 Å². The number of carboxylic acid groups (broad SMARTS) is 1. The third-order valence-corrected chi connectivity index (χ3v) is 9.09. The number of aromatic nitrogens is 4. The number of hydrogen-bond donors (Lipinski definition) is 3. The Morgan fingerprint density at radius 1 is 1.25 bits per heavy atom. The number of thiazole rings is 1. The fourth-order valence-electron chi connectivity index (χ4n) is 3.85. The Labute approximate surface area is 262 Å². The van der Waals surface area contributed by atoms with Crippen LogP contribution in [0.3, 0.4) is 0 Å². The number of nitrogens with two attached hydrogens (primary N) is 1. The Bertz CT molecular complexity index is 1560. The number of carbonyl (C=O) groups excluding carboxylic acids is 4. The van der Waals surface area contributed by atoms with E-state index < -0.39 is 53.3 Å². The second kappa shape index (κ2) is 13.2. The minimum Gasteiger partial charge on any atom is -0.477 e. The Balaban J connectivity index is 1.40. The van der Waals surface area contributed by atoms with Crippen LogP contribution in [0.25, 0.3) is 0 Å². The molecule has 0 unspecified atom stereocenters. The van der Waals surface area contributed by atoms with Crippen molar-refractivity contribution in [2.24, 2.45) is 17.6 Å². The lowest BCUT2D eigenvalue weighted by molar-refractivity contribution is -0.161. The molecule has 2 aromatic heterocycles. The maximum atomic E-state index is 13.1. The minimum absolute atomic E-state index is 0.113. The van der Waals surface area contributed by atoms with Gasteiger partial charge >= 0.3 is 17.9 Å². The van der Waals surface area contributed by atoms with Crippen LogP contribution in [-0.2, 0) is 40.5 Å². The number of nitrogens with zero attached hydrogens (tertiary/aromatic N) is 6. The first-order valence-electron chi connectivity index (χ1n) is 12.6. The van der Waals surface area contributed by atoms with Crippen LogP contribution in [0.1, 0.15) is 37.1 Å². The molecule has 2 atom stereocenters. The zero-order valence-corrected chi connectivity index (χ0v) is 26.5. The lowest BCUT2D eigenvalue weighted by atomic mass is 9.98. The predicted octanol–water partition coefficient (Wildman–Crippen LogP) is 0.439. The first-order valence-corrected chi connectivity index (χ1v) is 15.6. The molecule has 2 aliphatic heterocycles.